The molecule has 0 radical (unpaired) electrons. The molecule has 0 amide bonds. The third-order valence-electron chi connectivity index (χ3n) is 5.84. The Hall–Kier alpha value is -4.04. The highest BCUT2D eigenvalue weighted by atomic mass is 19.4. The standard InChI is InChI=1S/C23H19F3N8/c24-23(25,26)14-33-12-22(13-33,5-6-27)34-9-4-17(32-34)21-16-2-1-7-29-19(16)11-18(31-21)15-3-8-30-20(28)10-15/h1-4,7-11H,5,12-14H2,(H2,28,30). The van der Waals surface area contributed by atoms with Gasteiger partial charge in [0.05, 0.1) is 30.2 Å². The molecule has 0 spiro atoms. The Labute approximate surface area is 192 Å². The number of hydrogen-bond acceptors (Lipinski definition) is 7. The Bertz CT molecular complexity index is 1400. The minimum atomic E-state index is -4.29. The van der Waals surface area contributed by atoms with Crippen LogP contribution < -0.4 is 5.73 Å². The first-order valence-corrected chi connectivity index (χ1v) is 10.5. The Morgan fingerprint density at radius 3 is 2.65 bits per heavy atom. The van der Waals surface area contributed by atoms with E-state index >= 15 is 0 Å². The summed E-state index contributed by atoms with van der Waals surface area (Å²) in [7, 11) is 0. The van der Waals surface area contributed by atoms with Gasteiger partial charge in [-0.3, -0.25) is 14.6 Å². The van der Waals surface area contributed by atoms with Crippen molar-refractivity contribution in [2.45, 2.75) is 18.1 Å². The van der Waals surface area contributed by atoms with Gasteiger partial charge in [-0.1, -0.05) is 0 Å². The third-order valence-corrected chi connectivity index (χ3v) is 5.84. The maximum Gasteiger partial charge on any atom is 0.401 e. The Morgan fingerprint density at radius 2 is 1.91 bits per heavy atom. The molecule has 0 unspecified atom stereocenters. The summed E-state index contributed by atoms with van der Waals surface area (Å²) in [5.41, 5.74) is 8.24. The summed E-state index contributed by atoms with van der Waals surface area (Å²) in [5, 5.41) is 14.8. The quantitative estimate of drug-likeness (QED) is 0.480. The van der Waals surface area contributed by atoms with Gasteiger partial charge in [-0.05, 0) is 36.4 Å². The molecular weight excluding hydrogens is 445 g/mol. The van der Waals surface area contributed by atoms with E-state index in [4.69, 9.17) is 10.7 Å². The van der Waals surface area contributed by atoms with Crippen molar-refractivity contribution in [1.29, 1.82) is 5.26 Å². The van der Waals surface area contributed by atoms with Gasteiger partial charge in [0.1, 0.15) is 22.7 Å². The van der Waals surface area contributed by atoms with E-state index < -0.39 is 18.3 Å². The zero-order chi connectivity index (χ0) is 23.9. The molecule has 8 nitrogen and oxygen atoms in total. The van der Waals surface area contributed by atoms with Gasteiger partial charge >= 0.3 is 6.18 Å². The summed E-state index contributed by atoms with van der Waals surface area (Å²) >= 11 is 0. The number of rotatable bonds is 5. The van der Waals surface area contributed by atoms with E-state index in [9.17, 15) is 18.4 Å². The molecule has 2 N–H and O–H groups in total. The van der Waals surface area contributed by atoms with E-state index in [0.717, 1.165) is 10.9 Å². The molecule has 0 bridgehead atoms. The fourth-order valence-electron chi connectivity index (χ4n) is 4.38. The van der Waals surface area contributed by atoms with Crippen LogP contribution in [0.2, 0.25) is 0 Å². The lowest BCUT2D eigenvalue weighted by molar-refractivity contribution is -0.167. The summed E-state index contributed by atoms with van der Waals surface area (Å²) in [5.74, 6) is 0.359. The second-order valence-electron chi connectivity index (χ2n) is 8.36. The summed E-state index contributed by atoms with van der Waals surface area (Å²) in [6.45, 7) is -0.830. The van der Waals surface area contributed by atoms with Crippen LogP contribution in [0, 0.1) is 11.3 Å². The number of alkyl halides is 3. The number of anilines is 1. The minimum absolute atomic E-state index is 0.0501. The van der Waals surface area contributed by atoms with Crippen LogP contribution in [0.1, 0.15) is 6.42 Å². The number of aromatic nitrogens is 5. The first-order valence-electron chi connectivity index (χ1n) is 10.5. The van der Waals surface area contributed by atoms with Gasteiger partial charge in [-0.25, -0.2) is 9.97 Å². The fraction of sp³-hybridized carbons (Fsp3) is 0.261. The van der Waals surface area contributed by atoms with Gasteiger partial charge in [-0.2, -0.15) is 23.5 Å². The van der Waals surface area contributed by atoms with Gasteiger partial charge in [0, 0.05) is 42.6 Å². The monoisotopic (exact) mass is 464 g/mol. The fourth-order valence-corrected chi connectivity index (χ4v) is 4.38. The molecule has 172 valence electrons. The lowest BCUT2D eigenvalue weighted by Crippen LogP contribution is -2.64. The third kappa shape index (κ3) is 4.04. The van der Waals surface area contributed by atoms with E-state index in [1.807, 2.05) is 12.1 Å². The van der Waals surface area contributed by atoms with Crippen molar-refractivity contribution in [3.05, 3.63) is 55.0 Å². The SMILES string of the molecule is N#CCC1(n2ccc(-c3nc(-c4ccnc(N)c4)cc4ncccc34)n2)CN(CC(F)(F)F)C1. The molecule has 0 aromatic carbocycles. The summed E-state index contributed by atoms with van der Waals surface area (Å²) < 4.78 is 40.0. The van der Waals surface area contributed by atoms with Crippen molar-refractivity contribution >= 4 is 16.7 Å². The van der Waals surface area contributed by atoms with E-state index in [0.29, 0.717) is 28.4 Å². The molecule has 5 rings (SSSR count). The van der Waals surface area contributed by atoms with Crippen LogP contribution in [-0.4, -0.2) is 55.4 Å². The van der Waals surface area contributed by atoms with E-state index in [-0.39, 0.29) is 19.5 Å². The van der Waals surface area contributed by atoms with E-state index in [1.165, 1.54) is 4.90 Å². The van der Waals surface area contributed by atoms with Gasteiger partial charge in [0.25, 0.3) is 0 Å². The number of nitriles is 1. The first-order chi connectivity index (χ1) is 16.3. The van der Waals surface area contributed by atoms with Crippen LogP contribution in [-0.2, 0) is 5.54 Å². The number of nitrogens with zero attached hydrogens (tertiary/aromatic N) is 7. The molecule has 34 heavy (non-hydrogen) atoms. The normalized spacial score (nSPS) is 15.7. The Balaban J connectivity index is 1.54. The molecule has 1 aliphatic heterocycles. The molecule has 1 saturated heterocycles. The van der Waals surface area contributed by atoms with Crippen molar-refractivity contribution in [2.75, 3.05) is 25.4 Å². The zero-order valence-corrected chi connectivity index (χ0v) is 17.9. The van der Waals surface area contributed by atoms with Crippen molar-refractivity contribution in [2.24, 2.45) is 0 Å². The lowest BCUT2D eigenvalue weighted by atomic mass is 9.87. The van der Waals surface area contributed by atoms with Crippen molar-refractivity contribution in [1.82, 2.24) is 29.6 Å². The van der Waals surface area contributed by atoms with Crippen molar-refractivity contribution < 1.29 is 13.2 Å². The van der Waals surface area contributed by atoms with Crippen LogP contribution in [0.5, 0.6) is 0 Å². The maximum atomic E-state index is 12.8. The zero-order valence-electron chi connectivity index (χ0n) is 17.9. The first kappa shape index (κ1) is 21.8. The smallest absolute Gasteiger partial charge is 0.384 e. The topological polar surface area (TPSA) is 110 Å². The average molecular weight is 464 g/mol. The molecule has 4 aromatic rings. The summed E-state index contributed by atoms with van der Waals surface area (Å²) in [6, 6.07) is 12.9. The average Bonchev–Trinajstić information content (AvgIpc) is 3.26. The van der Waals surface area contributed by atoms with Gasteiger partial charge in [-0.15, -0.1) is 0 Å². The second kappa shape index (κ2) is 8.07. The number of hydrogen-bond donors (Lipinski definition) is 1. The highest BCUT2D eigenvalue weighted by molar-refractivity contribution is 5.93. The molecule has 0 atom stereocenters. The number of nitrogens with two attached hydrogens (primary N) is 1. The van der Waals surface area contributed by atoms with Crippen LogP contribution in [0.3, 0.4) is 0 Å². The predicted molar refractivity (Wildman–Crippen MR) is 119 cm³/mol. The molecule has 1 fully saturated rings. The molecular formula is C23H19F3N8. The van der Waals surface area contributed by atoms with Crippen LogP contribution in [0.25, 0.3) is 33.5 Å². The molecule has 4 aromatic heterocycles. The Kier molecular flexibility index (Phi) is 5.17. The molecule has 11 heteroatoms. The predicted octanol–water partition coefficient (Wildman–Crippen LogP) is 3.62. The van der Waals surface area contributed by atoms with Crippen LogP contribution in [0.4, 0.5) is 19.0 Å². The summed E-state index contributed by atoms with van der Waals surface area (Å²) in [4.78, 5) is 14.5. The Morgan fingerprint density at radius 1 is 1.09 bits per heavy atom. The van der Waals surface area contributed by atoms with Gasteiger partial charge in [0.15, 0.2) is 0 Å². The summed E-state index contributed by atoms with van der Waals surface area (Å²) in [6.07, 6.45) is 0.729. The number of halogens is 3. The number of pyridine rings is 3. The molecule has 1 aliphatic rings. The maximum absolute atomic E-state index is 12.8. The highest BCUT2D eigenvalue weighted by Crippen LogP contribution is 2.36. The lowest BCUT2D eigenvalue weighted by Gasteiger charge is -2.49. The van der Waals surface area contributed by atoms with Gasteiger partial charge < -0.3 is 5.73 Å². The minimum Gasteiger partial charge on any atom is -0.384 e. The van der Waals surface area contributed by atoms with Crippen molar-refractivity contribution in [3.8, 4) is 28.7 Å². The number of fused-ring (bicyclic) bond motifs is 1. The molecule has 0 saturated carbocycles. The van der Waals surface area contributed by atoms with Gasteiger partial charge in [0.2, 0.25) is 0 Å². The largest absolute Gasteiger partial charge is 0.401 e. The van der Waals surface area contributed by atoms with Crippen LogP contribution >= 0.6 is 0 Å². The van der Waals surface area contributed by atoms with Crippen molar-refractivity contribution in [3.63, 3.8) is 0 Å². The van der Waals surface area contributed by atoms with E-state index in [2.05, 4.69) is 21.1 Å². The highest BCUT2D eigenvalue weighted by Gasteiger charge is 2.48. The number of nitrogen functional groups attached to an aromatic ring is 1. The number of likely N-dealkylation sites (tertiary alicyclic amines) is 1. The molecule has 5 heterocycles. The second-order valence-corrected chi connectivity index (χ2v) is 8.36. The van der Waals surface area contributed by atoms with Crippen LogP contribution in [0.15, 0.2) is 55.0 Å². The molecule has 0 aliphatic carbocycles. The van der Waals surface area contributed by atoms with E-state index in [1.54, 1.807) is 47.5 Å².